The van der Waals surface area contributed by atoms with Gasteiger partial charge in [0.25, 0.3) is 0 Å². The standard InChI is InChI=1S/C19H24N2OS2/c1-2-14-7-9-15(10-8-14)18(17-6-4-12-24-17)21-19(23)20-13-16-5-3-11-22-16/h4,6-10,12,16,18H,2-3,5,11,13H2,1H3,(H2,20,21,23)/t16-,18+/m0/s1. The molecule has 0 radical (unpaired) electrons. The van der Waals surface area contributed by atoms with Crippen LogP contribution in [0, 0.1) is 0 Å². The van der Waals surface area contributed by atoms with E-state index in [1.165, 1.54) is 16.0 Å². The Kier molecular flexibility index (Phi) is 6.24. The van der Waals surface area contributed by atoms with Gasteiger partial charge in [0, 0.05) is 18.0 Å². The molecule has 0 amide bonds. The first kappa shape index (κ1) is 17.4. The van der Waals surface area contributed by atoms with Crippen molar-refractivity contribution in [2.45, 2.75) is 38.3 Å². The maximum Gasteiger partial charge on any atom is 0.167 e. The van der Waals surface area contributed by atoms with Gasteiger partial charge in [0.1, 0.15) is 0 Å². The molecule has 2 N–H and O–H groups in total. The van der Waals surface area contributed by atoms with Crippen LogP contribution in [0.2, 0.25) is 0 Å². The van der Waals surface area contributed by atoms with E-state index in [0.717, 1.165) is 32.4 Å². The summed E-state index contributed by atoms with van der Waals surface area (Å²) in [5, 5.41) is 9.57. The van der Waals surface area contributed by atoms with E-state index in [-0.39, 0.29) is 12.1 Å². The smallest absolute Gasteiger partial charge is 0.167 e. The van der Waals surface area contributed by atoms with Crippen LogP contribution in [0.25, 0.3) is 0 Å². The molecule has 0 unspecified atom stereocenters. The van der Waals surface area contributed by atoms with Gasteiger partial charge in [-0.15, -0.1) is 11.3 Å². The summed E-state index contributed by atoms with van der Waals surface area (Å²) in [5.41, 5.74) is 2.58. The lowest BCUT2D eigenvalue weighted by Crippen LogP contribution is -2.41. The van der Waals surface area contributed by atoms with Gasteiger partial charge in [0.15, 0.2) is 5.11 Å². The third-order valence-electron chi connectivity index (χ3n) is 4.34. The highest BCUT2D eigenvalue weighted by molar-refractivity contribution is 7.80. The van der Waals surface area contributed by atoms with Crippen LogP contribution in [0.3, 0.4) is 0 Å². The van der Waals surface area contributed by atoms with Gasteiger partial charge in [-0.05, 0) is 54.1 Å². The Morgan fingerprint density at radius 3 is 2.79 bits per heavy atom. The molecule has 2 atom stereocenters. The van der Waals surface area contributed by atoms with Crippen molar-refractivity contribution in [1.82, 2.24) is 10.6 Å². The summed E-state index contributed by atoms with van der Waals surface area (Å²) in [6.07, 6.45) is 3.60. The maximum absolute atomic E-state index is 5.64. The Bertz CT molecular complexity index is 634. The second-order valence-electron chi connectivity index (χ2n) is 6.03. The van der Waals surface area contributed by atoms with E-state index >= 15 is 0 Å². The first-order valence-corrected chi connectivity index (χ1v) is 9.83. The minimum Gasteiger partial charge on any atom is -0.376 e. The molecule has 1 saturated heterocycles. The van der Waals surface area contributed by atoms with Crippen molar-refractivity contribution in [1.29, 1.82) is 0 Å². The Hall–Kier alpha value is -1.43. The summed E-state index contributed by atoms with van der Waals surface area (Å²) in [6.45, 7) is 3.82. The summed E-state index contributed by atoms with van der Waals surface area (Å²) in [6, 6.07) is 13.1. The van der Waals surface area contributed by atoms with Crippen LogP contribution in [-0.4, -0.2) is 24.4 Å². The molecule has 0 aliphatic carbocycles. The maximum atomic E-state index is 5.64. The molecule has 1 fully saturated rings. The van der Waals surface area contributed by atoms with Crippen molar-refractivity contribution in [3.8, 4) is 0 Å². The van der Waals surface area contributed by atoms with Gasteiger partial charge in [0.05, 0.1) is 12.1 Å². The van der Waals surface area contributed by atoms with Crippen LogP contribution in [0.5, 0.6) is 0 Å². The number of rotatable bonds is 6. The molecule has 128 valence electrons. The fraction of sp³-hybridized carbons (Fsp3) is 0.421. The van der Waals surface area contributed by atoms with E-state index in [2.05, 4.69) is 59.3 Å². The van der Waals surface area contributed by atoms with Crippen LogP contribution >= 0.6 is 23.6 Å². The normalized spacial score (nSPS) is 18.3. The van der Waals surface area contributed by atoms with Crippen LogP contribution < -0.4 is 10.6 Å². The minimum absolute atomic E-state index is 0.0837. The zero-order valence-corrected chi connectivity index (χ0v) is 15.6. The van der Waals surface area contributed by atoms with Crippen LogP contribution in [0.15, 0.2) is 41.8 Å². The van der Waals surface area contributed by atoms with Gasteiger partial charge in [0.2, 0.25) is 0 Å². The Balaban J connectivity index is 1.66. The second-order valence-corrected chi connectivity index (χ2v) is 7.42. The molecule has 3 rings (SSSR count). The average Bonchev–Trinajstić information content (AvgIpc) is 3.31. The molecule has 1 aliphatic heterocycles. The van der Waals surface area contributed by atoms with Crippen molar-refractivity contribution >= 4 is 28.7 Å². The molecule has 1 aliphatic rings. The van der Waals surface area contributed by atoms with Crippen LogP contribution in [-0.2, 0) is 11.2 Å². The number of thiophene rings is 1. The zero-order chi connectivity index (χ0) is 16.8. The summed E-state index contributed by atoms with van der Waals surface area (Å²) in [4.78, 5) is 1.26. The molecule has 2 aromatic rings. The topological polar surface area (TPSA) is 33.3 Å². The van der Waals surface area contributed by atoms with Crippen molar-refractivity contribution in [2.24, 2.45) is 0 Å². The number of ether oxygens (including phenoxy) is 1. The zero-order valence-electron chi connectivity index (χ0n) is 14.0. The van der Waals surface area contributed by atoms with E-state index in [1.807, 2.05) is 0 Å². The molecule has 1 aromatic heterocycles. The highest BCUT2D eigenvalue weighted by Crippen LogP contribution is 2.26. The van der Waals surface area contributed by atoms with E-state index in [4.69, 9.17) is 17.0 Å². The first-order chi connectivity index (χ1) is 11.8. The van der Waals surface area contributed by atoms with E-state index < -0.39 is 0 Å². The number of benzene rings is 1. The van der Waals surface area contributed by atoms with E-state index in [9.17, 15) is 0 Å². The third-order valence-corrected chi connectivity index (χ3v) is 5.54. The van der Waals surface area contributed by atoms with E-state index in [1.54, 1.807) is 11.3 Å². The predicted octanol–water partition coefficient (Wildman–Crippen LogP) is 4.04. The highest BCUT2D eigenvalue weighted by atomic mass is 32.1. The van der Waals surface area contributed by atoms with Gasteiger partial charge in [-0.1, -0.05) is 37.3 Å². The lowest BCUT2D eigenvalue weighted by Gasteiger charge is -2.21. The molecule has 1 aromatic carbocycles. The summed E-state index contributed by atoms with van der Waals surface area (Å²) in [7, 11) is 0. The molecule has 0 saturated carbocycles. The van der Waals surface area contributed by atoms with Crippen molar-refractivity contribution in [3.63, 3.8) is 0 Å². The van der Waals surface area contributed by atoms with E-state index in [0.29, 0.717) is 5.11 Å². The Labute approximate surface area is 153 Å². The Morgan fingerprint density at radius 2 is 2.17 bits per heavy atom. The van der Waals surface area contributed by atoms with Gasteiger partial charge >= 0.3 is 0 Å². The highest BCUT2D eigenvalue weighted by Gasteiger charge is 2.18. The molecule has 5 heteroatoms. The number of nitrogens with one attached hydrogen (secondary N) is 2. The monoisotopic (exact) mass is 360 g/mol. The summed E-state index contributed by atoms with van der Waals surface area (Å²) in [5.74, 6) is 0. The van der Waals surface area contributed by atoms with Crippen LogP contribution in [0.1, 0.15) is 41.8 Å². The molecule has 3 nitrogen and oxygen atoms in total. The van der Waals surface area contributed by atoms with Crippen molar-refractivity contribution in [2.75, 3.05) is 13.2 Å². The Morgan fingerprint density at radius 1 is 1.33 bits per heavy atom. The fourth-order valence-corrected chi connectivity index (χ4v) is 3.92. The first-order valence-electron chi connectivity index (χ1n) is 8.54. The predicted molar refractivity (Wildman–Crippen MR) is 105 cm³/mol. The molecular formula is C19H24N2OS2. The van der Waals surface area contributed by atoms with Gasteiger partial charge in [-0.25, -0.2) is 0 Å². The number of aryl methyl sites for hydroxylation is 1. The molecule has 0 bridgehead atoms. The SMILES string of the molecule is CCc1ccc([C@@H](NC(=S)NC[C@@H]2CCCO2)c2cccs2)cc1. The minimum atomic E-state index is 0.0837. The molecule has 0 spiro atoms. The molecule has 24 heavy (non-hydrogen) atoms. The summed E-state index contributed by atoms with van der Waals surface area (Å²) >= 11 is 7.26. The number of hydrogen-bond acceptors (Lipinski definition) is 3. The van der Waals surface area contributed by atoms with Crippen molar-refractivity contribution in [3.05, 3.63) is 57.8 Å². The largest absolute Gasteiger partial charge is 0.376 e. The molecule has 2 heterocycles. The lowest BCUT2D eigenvalue weighted by molar-refractivity contribution is 0.114. The fourth-order valence-electron chi connectivity index (χ4n) is 2.91. The third kappa shape index (κ3) is 4.56. The quantitative estimate of drug-likeness (QED) is 0.762. The van der Waals surface area contributed by atoms with Gasteiger partial charge < -0.3 is 15.4 Å². The average molecular weight is 361 g/mol. The number of thiocarbonyl (C=S) groups is 1. The van der Waals surface area contributed by atoms with Gasteiger partial charge in [-0.2, -0.15) is 0 Å². The molecular weight excluding hydrogens is 336 g/mol. The van der Waals surface area contributed by atoms with Crippen molar-refractivity contribution < 1.29 is 4.74 Å². The lowest BCUT2D eigenvalue weighted by atomic mass is 10.0. The summed E-state index contributed by atoms with van der Waals surface area (Å²) < 4.78 is 5.64. The second kappa shape index (κ2) is 8.60. The van der Waals surface area contributed by atoms with Gasteiger partial charge in [-0.3, -0.25) is 0 Å². The van der Waals surface area contributed by atoms with Crippen LogP contribution in [0.4, 0.5) is 0 Å². The number of hydrogen-bond donors (Lipinski definition) is 2.